The Bertz CT molecular complexity index is 516. The Morgan fingerprint density at radius 1 is 1.22 bits per heavy atom. The number of hydrogen-bond donors (Lipinski definition) is 1. The van der Waals surface area contributed by atoms with Crippen LogP contribution >= 0.6 is 43.2 Å². The summed E-state index contributed by atoms with van der Waals surface area (Å²) in [6.07, 6.45) is 0. The van der Waals surface area contributed by atoms with Gasteiger partial charge in [0, 0.05) is 13.8 Å². The number of aryl methyl sites for hydroxylation is 1. The lowest BCUT2D eigenvalue weighted by molar-refractivity contribution is 0.636. The van der Waals surface area contributed by atoms with E-state index in [1.54, 1.807) is 0 Å². The fourth-order valence-corrected chi connectivity index (χ4v) is 4.35. The molecule has 0 aliphatic heterocycles. The molecule has 0 aliphatic carbocycles. The summed E-state index contributed by atoms with van der Waals surface area (Å²) in [7, 11) is 0. The molecule has 0 radical (unpaired) electrons. The van der Waals surface area contributed by atoms with Gasteiger partial charge in [-0.05, 0) is 54.2 Å². The summed E-state index contributed by atoms with van der Waals surface area (Å²) in [4.78, 5) is 1.39. The molecular weight excluding hydrogens is 374 g/mol. The predicted octanol–water partition coefficient (Wildman–Crippen LogP) is 5.28. The van der Waals surface area contributed by atoms with Crippen LogP contribution in [0.3, 0.4) is 0 Å². The molecule has 0 aliphatic rings. The third-order valence-corrected chi connectivity index (χ3v) is 4.79. The first-order valence-electron chi connectivity index (χ1n) is 5.85. The van der Waals surface area contributed by atoms with Gasteiger partial charge in [-0.15, -0.1) is 11.3 Å². The van der Waals surface area contributed by atoms with E-state index in [-0.39, 0.29) is 6.04 Å². The summed E-state index contributed by atoms with van der Waals surface area (Å²) < 4.78 is 2.20. The molecule has 1 atom stereocenters. The fraction of sp³-hybridized carbons (Fsp3) is 0.286. The molecule has 0 bridgehead atoms. The molecule has 0 spiro atoms. The first-order valence-corrected chi connectivity index (χ1v) is 8.31. The van der Waals surface area contributed by atoms with Crippen LogP contribution in [-0.2, 0) is 0 Å². The SMILES string of the molecule is CCNC(c1cc(Br)cc(Br)c1)c1sccc1C. The topological polar surface area (TPSA) is 12.0 Å². The molecule has 1 N–H and O–H groups in total. The van der Waals surface area contributed by atoms with Gasteiger partial charge in [0.2, 0.25) is 0 Å². The maximum atomic E-state index is 3.57. The molecule has 0 saturated carbocycles. The molecule has 0 saturated heterocycles. The molecule has 0 amide bonds. The van der Waals surface area contributed by atoms with E-state index in [9.17, 15) is 0 Å². The molecule has 4 heteroatoms. The highest BCUT2D eigenvalue weighted by Crippen LogP contribution is 2.32. The highest BCUT2D eigenvalue weighted by atomic mass is 79.9. The van der Waals surface area contributed by atoms with Gasteiger partial charge in [0.25, 0.3) is 0 Å². The van der Waals surface area contributed by atoms with Gasteiger partial charge < -0.3 is 5.32 Å². The lowest BCUT2D eigenvalue weighted by Gasteiger charge is -2.19. The van der Waals surface area contributed by atoms with Crippen molar-refractivity contribution in [2.24, 2.45) is 0 Å². The fourth-order valence-electron chi connectivity index (χ4n) is 1.99. The first-order chi connectivity index (χ1) is 8.61. The van der Waals surface area contributed by atoms with Crippen LogP contribution in [0.2, 0.25) is 0 Å². The van der Waals surface area contributed by atoms with Crippen LogP contribution in [0, 0.1) is 6.92 Å². The summed E-state index contributed by atoms with van der Waals surface area (Å²) in [6.45, 7) is 5.26. The van der Waals surface area contributed by atoms with Crippen molar-refractivity contribution in [3.63, 3.8) is 0 Å². The largest absolute Gasteiger partial charge is 0.306 e. The van der Waals surface area contributed by atoms with Crippen molar-refractivity contribution in [3.05, 3.63) is 54.6 Å². The highest BCUT2D eigenvalue weighted by molar-refractivity contribution is 9.11. The van der Waals surface area contributed by atoms with Crippen LogP contribution < -0.4 is 5.32 Å². The Morgan fingerprint density at radius 3 is 2.39 bits per heavy atom. The van der Waals surface area contributed by atoms with Gasteiger partial charge in [0.05, 0.1) is 6.04 Å². The summed E-state index contributed by atoms with van der Waals surface area (Å²) >= 11 is 8.93. The minimum absolute atomic E-state index is 0.267. The normalized spacial score (nSPS) is 12.7. The lowest BCUT2D eigenvalue weighted by Crippen LogP contribution is -2.21. The number of halogens is 2. The standard InChI is InChI=1S/C14H15Br2NS/c1-3-17-13(14-9(2)4-5-18-14)10-6-11(15)8-12(16)7-10/h4-8,13,17H,3H2,1-2H3. The molecule has 96 valence electrons. The van der Waals surface area contributed by atoms with E-state index in [4.69, 9.17) is 0 Å². The number of benzene rings is 1. The van der Waals surface area contributed by atoms with E-state index in [0.29, 0.717) is 0 Å². The van der Waals surface area contributed by atoms with Gasteiger partial charge in [-0.2, -0.15) is 0 Å². The van der Waals surface area contributed by atoms with Gasteiger partial charge in [0.1, 0.15) is 0 Å². The van der Waals surface area contributed by atoms with Crippen molar-refractivity contribution >= 4 is 43.2 Å². The number of nitrogens with one attached hydrogen (secondary N) is 1. The van der Waals surface area contributed by atoms with Gasteiger partial charge in [-0.1, -0.05) is 38.8 Å². The monoisotopic (exact) mass is 387 g/mol. The zero-order chi connectivity index (χ0) is 13.1. The molecule has 1 unspecified atom stereocenters. The Hall–Kier alpha value is -0.160. The minimum atomic E-state index is 0.267. The van der Waals surface area contributed by atoms with Crippen molar-refractivity contribution < 1.29 is 0 Å². The molecule has 18 heavy (non-hydrogen) atoms. The maximum Gasteiger partial charge on any atom is 0.0674 e. The number of hydrogen-bond acceptors (Lipinski definition) is 2. The Morgan fingerprint density at radius 2 is 1.89 bits per heavy atom. The van der Waals surface area contributed by atoms with E-state index in [0.717, 1.165) is 15.5 Å². The van der Waals surface area contributed by atoms with Crippen LogP contribution in [-0.4, -0.2) is 6.54 Å². The highest BCUT2D eigenvalue weighted by Gasteiger charge is 2.17. The third-order valence-electron chi connectivity index (χ3n) is 2.79. The summed E-state index contributed by atoms with van der Waals surface area (Å²) in [6, 6.07) is 8.86. The van der Waals surface area contributed by atoms with Crippen LogP contribution in [0.4, 0.5) is 0 Å². The quantitative estimate of drug-likeness (QED) is 0.751. The molecule has 2 rings (SSSR count). The Labute approximate surface area is 129 Å². The molecular formula is C14H15Br2NS. The summed E-state index contributed by atoms with van der Waals surface area (Å²) in [5, 5.41) is 5.72. The van der Waals surface area contributed by atoms with Crippen LogP contribution in [0.25, 0.3) is 0 Å². The second-order valence-corrected chi connectivity index (χ2v) is 6.94. The van der Waals surface area contributed by atoms with E-state index >= 15 is 0 Å². The predicted molar refractivity (Wildman–Crippen MR) is 86.4 cm³/mol. The second kappa shape index (κ2) is 6.33. The second-order valence-electron chi connectivity index (χ2n) is 4.16. The van der Waals surface area contributed by atoms with Gasteiger partial charge in [-0.3, -0.25) is 0 Å². The zero-order valence-corrected chi connectivity index (χ0v) is 14.3. The van der Waals surface area contributed by atoms with Crippen molar-refractivity contribution in [1.82, 2.24) is 5.32 Å². The average molecular weight is 389 g/mol. The van der Waals surface area contributed by atoms with E-state index in [1.165, 1.54) is 16.0 Å². The van der Waals surface area contributed by atoms with Crippen molar-refractivity contribution in [3.8, 4) is 0 Å². The maximum absolute atomic E-state index is 3.57. The van der Waals surface area contributed by atoms with Gasteiger partial charge >= 0.3 is 0 Å². The van der Waals surface area contributed by atoms with Gasteiger partial charge in [0.15, 0.2) is 0 Å². The first kappa shape index (κ1) is 14.3. The van der Waals surface area contributed by atoms with Gasteiger partial charge in [-0.25, -0.2) is 0 Å². The molecule has 1 aromatic carbocycles. The van der Waals surface area contributed by atoms with Crippen LogP contribution in [0.5, 0.6) is 0 Å². The third kappa shape index (κ3) is 3.23. The molecule has 1 nitrogen and oxygen atoms in total. The lowest BCUT2D eigenvalue weighted by atomic mass is 10.0. The number of thiophene rings is 1. The number of rotatable bonds is 4. The Balaban J connectivity index is 2.44. The molecule has 2 aromatic rings. The molecule has 0 fully saturated rings. The van der Waals surface area contributed by atoms with Crippen LogP contribution in [0.1, 0.15) is 29.0 Å². The zero-order valence-electron chi connectivity index (χ0n) is 10.3. The molecule has 1 heterocycles. The average Bonchev–Trinajstić information content (AvgIpc) is 2.71. The van der Waals surface area contributed by atoms with Crippen LogP contribution in [0.15, 0.2) is 38.6 Å². The van der Waals surface area contributed by atoms with Crippen molar-refractivity contribution in [1.29, 1.82) is 0 Å². The van der Waals surface area contributed by atoms with E-state index in [2.05, 4.69) is 80.7 Å². The smallest absolute Gasteiger partial charge is 0.0674 e. The minimum Gasteiger partial charge on any atom is -0.306 e. The van der Waals surface area contributed by atoms with E-state index in [1.807, 2.05) is 11.3 Å². The molecule has 1 aromatic heterocycles. The van der Waals surface area contributed by atoms with Crippen molar-refractivity contribution in [2.75, 3.05) is 6.54 Å². The summed E-state index contributed by atoms with van der Waals surface area (Å²) in [5.41, 5.74) is 2.63. The van der Waals surface area contributed by atoms with Crippen molar-refractivity contribution in [2.45, 2.75) is 19.9 Å². The van der Waals surface area contributed by atoms with E-state index < -0.39 is 0 Å². The summed E-state index contributed by atoms with van der Waals surface area (Å²) in [5.74, 6) is 0. The Kier molecular flexibility index (Phi) is 5.01.